The molecule has 0 unspecified atom stereocenters. The van der Waals surface area contributed by atoms with Crippen molar-refractivity contribution in [1.29, 1.82) is 0 Å². The van der Waals surface area contributed by atoms with Gasteiger partial charge in [0.1, 0.15) is 11.6 Å². The van der Waals surface area contributed by atoms with Crippen LogP contribution in [0.25, 0.3) is 0 Å². The average molecular weight is 390 g/mol. The van der Waals surface area contributed by atoms with Crippen molar-refractivity contribution in [3.05, 3.63) is 90.1 Å². The molecule has 2 N–H and O–H groups in total. The number of nitrogens with one attached hydrogen (secondary N) is 2. The smallest absolute Gasteiger partial charge is 0.256 e. The number of carbonyl (C=O) groups is 2. The number of carbonyl (C=O) groups excluding carboxylic acids is 2. The molecule has 0 aliphatic rings. The van der Waals surface area contributed by atoms with Crippen LogP contribution in [-0.4, -0.2) is 28.7 Å². The molecule has 0 aliphatic heterocycles. The number of aromatic nitrogens is 2. The second-order valence-electron chi connectivity index (χ2n) is 6.30. The number of nitrogens with zero attached hydrogens (tertiary/aromatic N) is 2. The number of ether oxygens (including phenoxy) is 1. The molecule has 2 aromatic carbocycles. The Balaban J connectivity index is 1.63. The van der Waals surface area contributed by atoms with E-state index in [1.165, 1.54) is 6.08 Å². The SMILES string of the molecule is C=CC(=O)NCc1ccc(C(=O)Nc2ccnn2Cc2ccc(OC)cc2)cc1. The second kappa shape index (κ2) is 9.36. The first kappa shape index (κ1) is 19.9. The van der Waals surface area contributed by atoms with E-state index in [0.717, 1.165) is 16.9 Å². The standard InChI is InChI=1S/C22H22N4O3/c1-3-21(27)23-14-16-4-8-18(9-5-16)22(28)25-20-12-13-24-26(20)15-17-6-10-19(29-2)11-7-17/h3-13H,1,14-15H2,2H3,(H,23,27)(H,25,28). The number of amides is 2. The van der Waals surface area contributed by atoms with Crippen LogP contribution >= 0.6 is 0 Å². The van der Waals surface area contributed by atoms with E-state index in [1.54, 1.807) is 48.3 Å². The highest BCUT2D eigenvalue weighted by atomic mass is 16.5. The highest BCUT2D eigenvalue weighted by molar-refractivity contribution is 6.03. The lowest BCUT2D eigenvalue weighted by Gasteiger charge is -2.10. The molecule has 3 aromatic rings. The van der Waals surface area contributed by atoms with Crippen LogP contribution in [0, 0.1) is 0 Å². The van der Waals surface area contributed by atoms with E-state index in [-0.39, 0.29) is 11.8 Å². The van der Waals surface area contributed by atoms with Crippen molar-refractivity contribution in [3.63, 3.8) is 0 Å². The van der Waals surface area contributed by atoms with Gasteiger partial charge >= 0.3 is 0 Å². The van der Waals surface area contributed by atoms with Gasteiger partial charge in [0.15, 0.2) is 0 Å². The zero-order valence-corrected chi connectivity index (χ0v) is 16.1. The third kappa shape index (κ3) is 5.32. The summed E-state index contributed by atoms with van der Waals surface area (Å²) >= 11 is 0. The van der Waals surface area contributed by atoms with Gasteiger partial charge in [-0.1, -0.05) is 30.8 Å². The van der Waals surface area contributed by atoms with Crippen molar-refractivity contribution in [2.24, 2.45) is 0 Å². The van der Waals surface area contributed by atoms with Crippen molar-refractivity contribution < 1.29 is 14.3 Å². The van der Waals surface area contributed by atoms with E-state index in [9.17, 15) is 9.59 Å². The molecule has 0 bridgehead atoms. The van der Waals surface area contributed by atoms with Crippen molar-refractivity contribution in [3.8, 4) is 5.75 Å². The van der Waals surface area contributed by atoms with Crippen molar-refractivity contribution in [1.82, 2.24) is 15.1 Å². The molecule has 3 rings (SSSR count). The molecule has 29 heavy (non-hydrogen) atoms. The Morgan fingerprint density at radius 1 is 1.07 bits per heavy atom. The fraction of sp³-hybridized carbons (Fsp3) is 0.136. The Labute approximate surface area is 169 Å². The quantitative estimate of drug-likeness (QED) is 0.579. The lowest BCUT2D eigenvalue weighted by Crippen LogP contribution is -2.20. The minimum atomic E-state index is -0.239. The number of anilines is 1. The Morgan fingerprint density at radius 2 is 1.76 bits per heavy atom. The predicted molar refractivity (Wildman–Crippen MR) is 111 cm³/mol. The molecule has 7 heteroatoms. The fourth-order valence-electron chi connectivity index (χ4n) is 2.69. The Hall–Kier alpha value is -3.87. The molecule has 0 spiro atoms. The molecular formula is C22H22N4O3. The lowest BCUT2D eigenvalue weighted by molar-refractivity contribution is -0.116. The number of benzene rings is 2. The van der Waals surface area contributed by atoms with Crippen LogP contribution in [0.2, 0.25) is 0 Å². The van der Waals surface area contributed by atoms with Crippen LogP contribution in [0.1, 0.15) is 21.5 Å². The molecule has 1 heterocycles. The summed E-state index contributed by atoms with van der Waals surface area (Å²) in [5.74, 6) is 0.920. The molecule has 0 fully saturated rings. The summed E-state index contributed by atoms with van der Waals surface area (Å²) < 4.78 is 6.89. The number of hydrogen-bond acceptors (Lipinski definition) is 4. The number of hydrogen-bond donors (Lipinski definition) is 2. The molecule has 0 saturated heterocycles. The van der Waals surface area contributed by atoms with Crippen molar-refractivity contribution in [2.75, 3.05) is 12.4 Å². The zero-order valence-electron chi connectivity index (χ0n) is 16.1. The van der Waals surface area contributed by atoms with Gasteiger partial charge in [-0.05, 0) is 41.5 Å². The van der Waals surface area contributed by atoms with Crippen molar-refractivity contribution in [2.45, 2.75) is 13.1 Å². The monoisotopic (exact) mass is 390 g/mol. The van der Waals surface area contributed by atoms with Crippen LogP contribution in [0.3, 0.4) is 0 Å². The highest BCUT2D eigenvalue weighted by Crippen LogP contribution is 2.15. The maximum Gasteiger partial charge on any atom is 0.256 e. The maximum absolute atomic E-state index is 12.6. The second-order valence-corrected chi connectivity index (χ2v) is 6.30. The summed E-state index contributed by atoms with van der Waals surface area (Å²) in [6, 6.07) is 16.5. The van der Waals surface area contributed by atoms with E-state index in [4.69, 9.17) is 4.74 Å². The summed E-state index contributed by atoms with van der Waals surface area (Å²) in [7, 11) is 1.63. The molecule has 0 atom stereocenters. The highest BCUT2D eigenvalue weighted by Gasteiger charge is 2.10. The molecule has 148 valence electrons. The van der Waals surface area contributed by atoms with Gasteiger partial charge in [-0.3, -0.25) is 9.59 Å². The minimum absolute atomic E-state index is 0.233. The third-order valence-electron chi connectivity index (χ3n) is 4.32. The van der Waals surface area contributed by atoms with Crippen molar-refractivity contribution >= 4 is 17.6 Å². The first-order valence-electron chi connectivity index (χ1n) is 9.04. The number of rotatable bonds is 8. The summed E-state index contributed by atoms with van der Waals surface area (Å²) in [6.45, 7) is 4.31. The van der Waals surface area contributed by atoms with Gasteiger partial charge in [-0.25, -0.2) is 4.68 Å². The van der Waals surface area contributed by atoms with Crippen LogP contribution in [-0.2, 0) is 17.9 Å². The third-order valence-corrected chi connectivity index (χ3v) is 4.32. The van der Waals surface area contributed by atoms with Crippen LogP contribution in [0.5, 0.6) is 5.75 Å². The molecule has 0 radical (unpaired) electrons. The topological polar surface area (TPSA) is 85.3 Å². The fourth-order valence-corrected chi connectivity index (χ4v) is 2.69. The molecule has 0 saturated carbocycles. The molecule has 7 nitrogen and oxygen atoms in total. The van der Waals surface area contributed by atoms with Crippen LogP contribution in [0.15, 0.2) is 73.4 Å². The van der Waals surface area contributed by atoms with Gasteiger partial charge in [0, 0.05) is 18.2 Å². The molecule has 1 aromatic heterocycles. The summed E-state index contributed by atoms with van der Waals surface area (Å²) in [5, 5.41) is 9.86. The van der Waals surface area contributed by atoms with Gasteiger partial charge in [-0.2, -0.15) is 5.10 Å². The lowest BCUT2D eigenvalue weighted by atomic mass is 10.1. The van der Waals surface area contributed by atoms with E-state index < -0.39 is 0 Å². The van der Waals surface area contributed by atoms with Gasteiger partial charge in [-0.15, -0.1) is 0 Å². The Kier molecular flexibility index (Phi) is 6.42. The maximum atomic E-state index is 12.6. The largest absolute Gasteiger partial charge is 0.497 e. The normalized spacial score (nSPS) is 10.2. The molecule has 0 aliphatic carbocycles. The predicted octanol–water partition coefficient (Wildman–Crippen LogP) is 2.99. The van der Waals surface area contributed by atoms with Gasteiger partial charge in [0.2, 0.25) is 5.91 Å². The van der Waals surface area contributed by atoms with E-state index in [1.807, 2.05) is 24.3 Å². The van der Waals surface area contributed by atoms with E-state index in [0.29, 0.717) is 24.5 Å². The van der Waals surface area contributed by atoms with E-state index in [2.05, 4.69) is 22.3 Å². The Bertz CT molecular complexity index is 992. The first-order chi connectivity index (χ1) is 14.1. The number of methoxy groups -OCH3 is 1. The van der Waals surface area contributed by atoms with Crippen LogP contribution < -0.4 is 15.4 Å². The molecule has 2 amide bonds. The average Bonchev–Trinajstić information content (AvgIpc) is 3.19. The zero-order chi connectivity index (χ0) is 20.6. The Morgan fingerprint density at radius 3 is 2.41 bits per heavy atom. The van der Waals surface area contributed by atoms with Gasteiger partial charge in [0.05, 0.1) is 19.9 Å². The summed E-state index contributed by atoms with van der Waals surface area (Å²) in [4.78, 5) is 23.8. The summed E-state index contributed by atoms with van der Waals surface area (Å²) in [5.41, 5.74) is 2.44. The first-order valence-corrected chi connectivity index (χ1v) is 9.04. The molecular weight excluding hydrogens is 368 g/mol. The van der Waals surface area contributed by atoms with Gasteiger partial charge in [0.25, 0.3) is 5.91 Å². The minimum Gasteiger partial charge on any atom is -0.497 e. The van der Waals surface area contributed by atoms with E-state index >= 15 is 0 Å². The summed E-state index contributed by atoms with van der Waals surface area (Å²) in [6.07, 6.45) is 2.86. The van der Waals surface area contributed by atoms with Crippen LogP contribution in [0.4, 0.5) is 5.82 Å². The van der Waals surface area contributed by atoms with Gasteiger partial charge < -0.3 is 15.4 Å².